The Morgan fingerprint density at radius 2 is 1.22 bits per heavy atom. The molecule has 3 heterocycles. The van der Waals surface area contributed by atoms with E-state index in [1.807, 2.05) is 66.9 Å². The second-order valence-electron chi connectivity index (χ2n) is 20.1. The Labute approximate surface area is 441 Å². The van der Waals surface area contributed by atoms with Crippen LogP contribution in [0.5, 0.6) is 11.5 Å². The summed E-state index contributed by atoms with van der Waals surface area (Å²) in [6, 6.07) is 87.0. The Kier molecular flexibility index (Phi) is 10.8. The van der Waals surface area contributed by atoms with Crippen molar-refractivity contribution in [3.63, 3.8) is 0 Å². The molecule has 8 nitrogen and oxygen atoms in total. The van der Waals surface area contributed by atoms with E-state index in [4.69, 9.17) is 26.2 Å². The van der Waals surface area contributed by atoms with Crippen LogP contribution in [0.25, 0.3) is 38.6 Å². The van der Waals surface area contributed by atoms with Crippen LogP contribution in [-0.4, -0.2) is 28.6 Å². The van der Waals surface area contributed by atoms with E-state index in [0.29, 0.717) is 5.84 Å². The summed E-state index contributed by atoms with van der Waals surface area (Å²) in [4.78, 5) is 12.9. The van der Waals surface area contributed by atoms with E-state index in [-0.39, 0.29) is 6.04 Å². The first kappa shape index (κ1) is 45.4. The third-order valence-corrected chi connectivity index (χ3v) is 15.9. The zero-order valence-electron chi connectivity index (χ0n) is 41.8. The van der Waals surface area contributed by atoms with Gasteiger partial charge in [0.15, 0.2) is 5.66 Å². The predicted octanol–water partition coefficient (Wildman–Crippen LogP) is 13.9. The Balaban J connectivity index is 1.05. The fourth-order valence-corrected chi connectivity index (χ4v) is 12.3. The quantitative estimate of drug-likeness (QED) is 0.0517. The molecule has 0 radical (unpaired) electrons. The Morgan fingerprint density at radius 1 is 0.592 bits per heavy atom. The van der Waals surface area contributed by atoms with Crippen LogP contribution in [0.3, 0.4) is 0 Å². The van der Waals surface area contributed by atoms with Crippen LogP contribution in [-0.2, 0) is 11.1 Å². The summed E-state index contributed by atoms with van der Waals surface area (Å²) in [5.41, 5.74) is 28.8. The zero-order chi connectivity index (χ0) is 51.0. The highest BCUT2D eigenvalue weighted by atomic mass is 16.5. The van der Waals surface area contributed by atoms with Gasteiger partial charge in [0, 0.05) is 44.9 Å². The smallest absolute Gasteiger partial charge is 0.159 e. The Hall–Kier alpha value is -9.18. The molecule has 1 aliphatic carbocycles. The molecule has 1 saturated heterocycles. The van der Waals surface area contributed by atoms with Crippen LogP contribution >= 0.6 is 0 Å². The van der Waals surface area contributed by atoms with Gasteiger partial charge in [-0.25, -0.2) is 4.99 Å². The van der Waals surface area contributed by atoms with Gasteiger partial charge in [0.05, 0.1) is 28.7 Å². The fraction of sp³-hybridized carbons (Fsp3) is 0.0882. The van der Waals surface area contributed by atoms with Crippen LogP contribution < -0.4 is 21.5 Å². The minimum Gasteiger partial charge on any atom is -0.456 e. The molecule has 0 amide bonds. The number of nitrogens with zero attached hydrogens (tertiary/aromatic N) is 4. The lowest BCUT2D eigenvalue weighted by molar-refractivity contribution is 0.183. The average molecular weight is 984 g/mol. The van der Waals surface area contributed by atoms with Crippen molar-refractivity contribution in [2.45, 2.75) is 29.5 Å². The van der Waals surface area contributed by atoms with Gasteiger partial charge in [-0.05, 0) is 100 Å². The molecule has 0 bridgehead atoms. The van der Waals surface area contributed by atoms with Crippen molar-refractivity contribution in [3.05, 3.63) is 304 Å². The van der Waals surface area contributed by atoms with Crippen molar-refractivity contribution in [1.82, 2.24) is 14.8 Å². The van der Waals surface area contributed by atoms with E-state index in [0.717, 1.165) is 72.7 Å². The largest absolute Gasteiger partial charge is 0.456 e. The van der Waals surface area contributed by atoms with Crippen LogP contribution in [0.15, 0.2) is 259 Å². The minimum atomic E-state index is -0.947. The lowest BCUT2D eigenvalue weighted by atomic mass is 9.65. The minimum absolute atomic E-state index is 0.383. The number of fused-ring (bicyclic) bond motifs is 12. The molecule has 2 aliphatic heterocycles. The normalized spacial score (nSPS) is 19.0. The van der Waals surface area contributed by atoms with Gasteiger partial charge in [-0.2, -0.15) is 0 Å². The van der Waals surface area contributed by atoms with Gasteiger partial charge < -0.3 is 20.8 Å². The van der Waals surface area contributed by atoms with Crippen LogP contribution in [0.4, 0.5) is 0 Å². The summed E-state index contributed by atoms with van der Waals surface area (Å²) in [5, 5.41) is 6.31. The van der Waals surface area contributed by atoms with E-state index < -0.39 is 23.4 Å². The predicted molar refractivity (Wildman–Crippen MR) is 307 cm³/mol. The van der Waals surface area contributed by atoms with Gasteiger partial charge in [0.2, 0.25) is 0 Å². The summed E-state index contributed by atoms with van der Waals surface area (Å²) in [7, 11) is 2.07. The number of aromatic nitrogens is 1. The lowest BCUT2D eigenvalue weighted by Gasteiger charge is -2.41. The maximum absolute atomic E-state index is 7.82. The van der Waals surface area contributed by atoms with E-state index in [1.165, 1.54) is 33.0 Å². The van der Waals surface area contributed by atoms with E-state index in [2.05, 4.69) is 210 Å². The number of hydrogen-bond acceptors (Lipinski definition) is 6. The molecule has 5 N–H and O–H groups in total. The molecule has 0 saturated carbocycles. The van der Waals surface area contributed by atoms with Crippen LogP contribution in [0, 0.1) is 0 Å². The highest BCUT2D eigenvalue weighted by molar-refractivity contribution is 6.12. The monoisotopic (exact) mass is 983 g/mol. The Bertz CT molecular complexity index is 4070. The lowest BCUT2D eigenvalue weighted by Crippen LogP contribution is -2.36. The average Bonchev–Trinajstić information content (AvgIpc) is 4.15. The van der Waals surface area contributed by atoms with Crippen molar-refractivity contribution < 1.29 is 4.74 Å². The number of benzene rings is 10. The molecule has 1 fully saturated rings. The second-order valence-corrected chi connectivity index (χ2v) is 20.1. The topological polar surface area (TPSA) is 116 Å². The van der Waals surface area contributed by atoms with Crippen molar-refractivity contribution in [2.24, 2.45) is 21.5 Å². The molecule has 8 heteroatoms. The first-order valence-corrected chi connectivity index (χ1v) is 26.0. The molecule has 11 aromatic rings. The second kappa shape index (κ2) is 18.0. The van der Waals surface area contributed by atoms with Crippen LogP contribution in [0.1, 0.15) is 74.0 Å². The summed E-state index contributed by atoms with van der Waals surface area (Å²) in [6.07, 6.45) is 0.859. The molecule has 366 valence electrons. The maximum Gasteiger partial charge on any atom is 0.159 e. The molecule has 4 unspecified atom stereocenters. The molecular weight excluding hydrogens is 931 g/mol. The van der Waals surface area contributed by atoms with Gasteiger partial charge in [0.1, 0.15) is 23.5 Å². The molecule has 5 atom stereocenters. The maximum atomic E-state index is 7.82. The molecule has 76 heavy (non-hydrogen) atoms. The number of aliphatic imine (C=N–C) groups is 2. The number of amidine groups is 1. The molecular formula is C68H53N7O. The van der Waals surface area contributed by atoms with Crippen LogP contribution in [0.2, 0.25) is 0 Å². The number of nitrogens with two attached hydrogens (primary N) is 2. The van der Waals surface area contributed by atoms with E-state index in [1.54, 1.807) is 0 Å². The van der Waals surface area contributed by atoms with Gasteiger partial charge in [-0.1, -0.05) is 200 Å². The van der Waals surface area contributed by atoms with Gasteiger partial charge >= 0.3 is 0 Å². The SMILES string of the molecule is CN(C(N)c1cc(C2N[C@]2(/N=C(\N)c2ccccc2)c2ccccc2)c2c(c1)C1(c3ccccc3O2)c2ccccc2-c2cc3c4ccccc4n(-c4ccccc4)c3cc21)C(/N=C/c1ccccc1)c1ccccc1. The van der Waals surface area contributed by atoms with Crippen molar-refractivity contribution in [2.75, 3.05) is 7.05 Å². The third kappa shape index (κ3) is 7.10. The summed E-state index contributed by atoms with van der Waals surface area (Å²) in [6.45, 7) is 0. The van der Waals surface area contributed by atoms with E-state index in [9.17, 15) is 0 Å². The summed E-state index contributed by atoms with van der Waals surface area (Å²) >= 11 is 0. The van der Waals surface area contributed by atoms with E-state index >= 15 is 0 Å². The number of hydrogen-bond donors (Lipinski definition) is 3. The van der Waals surface area contributed by atoms with Gasteiger partial charge in [-0.3, -0.25) is 15.2 Å². The number of ether oxygens (including phenoxy) is 1. The summed E-state index contributed by atoms with van der Waals surface area (Å²) in [5.74, 6) is 1.98. The highest BCUT2D eigenvalue weighted by Gasteiger charge is 2.60. The zero-order valence-corrected chi connectivity index (χ0v) is 41.8. The summed E-state index contributed by atoms with van der Waals surface area (Å²) < 4.78 is 9.89. The molecule has 10 aromatic carbocycles. The van der Waals surface area contributed by atoms with Gasteiger partial charge in [-0.15, -0.1) is 0 Å². The molecule has 1 aromatic heterocycles. The third-order valence-electron chi connectivity index (χ3n) is 15.9. The number of para-hydroxylation sites is 3. The molecule has 3 aliphatic rings. The molecule has 1 spiro atoms. The first-order chi connectivity index (χ1) is 37.4. The molecule has 14 rings (SSSR count). The standard InChI is InChI=1S/C68H53N7O/c1-74(66(46-27-11-4-12-28-46)71-43-44-23-7-2-8-24-44)65(70)47-39-54(63-68(72-63,48-29-13-5-14-30-48)73-64(69)45-25-9-3-10-26-45)62-58(40-47)67(56-36-20-22-38-61(56)76-62)55-35-19-17-33-50(55)52-41-53-51-34-18-21-37-59(51)75(60(53)42-57(52)67)49-31-15-6-16-32-49/h2-43,63,65-66,72H,70H2,1H3,(H2,69,73)/b71-43+/t63?,65?,66?,67?,68-/m0/s1. The number of rotatable bonds is 11. The van der Waals surface area contributed by atoms with Crippen molar-refractivity contribution >= 4 is 33.9 Å². The number of nitrogens with one attached hydrogen (secondary N) is 1. The Morgan fingerprint density at radius 3 is 1.99 bits per heavy atom. The van der Waals surface area contributed by atoms with Crippen molar-refractivity contribution in [1.29, 1.82) is 0 Å². The van der Waals surface area contributed by atoms with Crippen molar-refractivity contribution in [3.8, 4) is 28.3 Å². The first-order valence-electron chi connectivity index (χ1n) is 26.0. The fourth-order valence-electron chi connectivity index (χ4n) is 12.3. The highest BCUT2D eigenvalue weighted by Crippen LogP contribution is 2.65. The van der Waals surface area contributed by atoms with Gasteiger partial charge in [0.25, 0.3) is 0 Å².